The minimum Gasteiger partial charge on any atom is -0.315 e. The van der Waals surface area contributed by atoms with E-state index in [1.807, 2.05) is 6.92 Å². The smallest absolute Gasteiger partial charge is 0.315 e. The van der Waals surface area contributed by atoms with Crippen LogP contribution >= 0.6 is 11.3 Å². The Morgan fingerprint density at radius 3 is 2.75 bits per heavy atom. The Bertz CT molecular complexity index is 686. The van der Waals surface area contributed by atoms with Crippen molar-refractivity contribution in [3.8, 4) is 0 Å². The lowest BCUT2D eigenvalue weighted by molar-refractivity contribution is -0.125. The molecule has 3 atom stereocenters. The molecule has 0 aromatic carbocycles. The van der Waals surface area contributed by atoms with Crippen molar-refractivity contribution < 1.29 is 9.59 Å². The van der Waals surface area contributed by atoms with Crippen molar-refractivity contribution in [3.05, 3.63) is 22.2 Å². The predicted molar refractivity (Wildman–Crippen MR) is 90.5 cm³/mol. The van der Waals surface area contributed by atoms with Gasteiger partial charge in [0, 0.05) is 19.5 Å². The summed E-state index contributed by atoms with van der Waals surface area (Å²) in [6, 6.07) is -0.139. The number of rotatable bonds is 6. The van der Waals surface area contributed by atoms with Crippen molar-refractivity contribution in [3.63, 3.8) is 0 Å². The molecule has 3 aliphatic rings. The van der Waals surface area contributed by atoms with Crippen LogP contribution in [-0.4, -0.2) is 51.6 Å². The number of nitrogens with zero attached hydrogens (tertiary/aromatic N) is 4. The molecule has 0 spiro atoms. The summed E-state index contributed by atoms with van der Waals surface area (Å²) < 4.78 is 0. The van der Waals surface area contributed by atoms with E-state index in [9.17, 15) is 9.59 Å². The molecule has 2 heterocycles. The zero-order valence-electron chi connectivity index (χ0n) is 13.9. The van der Waals surface area contributed by atoms with Gasteiger partial charge in [0.05, 0.1) is 0 Å². The molecule has 0 N–H and O–H groups in total. The lowest BCUT2D eigenvalue weighted by atomic mass is 9.90. The SMILES string of the molecule is Cc1nnc(CCN2CC(=O)N(CC[C@@H]3C[C@@H]4C=C[C@H]3C4)C2=O)s1. The van der Waals surface area contributed by atoms with Gasteiger partial charge < -0.3 is 4.90 Å². The first-order chi connectivity index (χ1) is 11.6. The highest BCUT2D eigenvalue weighted by atomic mass is 32.1. The van der Waals surface area contributed by atoms with Gasteiger partial charge in [-0.05, 0) is 43.9 Å². The van der Waals surface area contributed by atoms with Crippen LogP contribution in [0.25, 0.3) is 0 Å². The fourth-order valence-corrected chi connectivity index (χ4v) is 4.88. The molecule has 0 unspecified atom stereocenters. The topological polar surface area (TPSA) is 66.4 Å². The van der Waals surface area contributed by atoms with E-state index in [1.54, 1.807) is 16.2 Å². The summed E-state index contributed by atoms with van der Waals surface area (Å²) in [6.07, 6.45) is 8.73. The van der Waals surface area contributed by atoms with Gasteiger partial charge in [0.15, 0.2) is 0 Å². The van der Waals surface area contributed by atoms with Crippen molar-refractivity contribution in [2.24, 2.45) is 17.8 Å². The van der Waals surface area contributed by atoms with Crippen LogP contribution in [0, 0.1) is 24.7 Å². The van der Waals surface area contributed by atoms with Crippen molar-refractivity contribution in [2.75, 3.05) is 19.6 Å². The second-order valence-corrected chi connectivity index (χ2v) is 8.31. The summed E-state index contributed by atoms with van der Waals surface area (Å²) in [5, 5.41) is 9.90. The molecule has 3 amide bonds. The number of hydrogen-bond donors (Lipinski definition) is 0. The van der Waals surface area contributed by atoms with Gasteiger partial charge in [0.2, 0.25) is 5.91 Å². The molecular weight excluding hydrogens is 324 g/mol. The molecule has 1 aliphatic heterocycles. The molecule has 1 aromatic rings. The van der Waals surface area contributed by atoms with Crippen molar-refractivity contribution in [1.29, 1.82) is 0 Å². The quantitative estimate of drug-likeness (QED) is 0.585. The predicted octanol–water partition coefficient (Wildman–Crippen LogP) is 2.26. The number of carbonyl (C=O) groups excluding carboxylic acids is 2. The molecule has 128 valence electrons. The van der Waals surface area contributed by atoms with E-state index in [0.29, 0.717) is 31.3 Å². The summed E-state index contributed by atoms with van der Waals surface area (Å²) in [4.78, 5) is 27.8. The minimum atomic E-state index is -0.139. The van der Waals surface area contributed by atoms with Gasteiger partial charge in [-0.15, -0.1) is 21.5 Å². The minimum absolute atomic E-state index is 0.0628. The second kappa shape index (κ2) is 6.27. The Morgan fingerprint density at radius 2 is 2.08 bits per heavy atom. The maximum absolute atomic E-state index is 12.5. The van der Waals surface area contributed by atoms with Gasteiger partial charge in [-0.25, -0.2) is 4.79 Å². The number of aryl methyl sites for hydroxylation is 1. The molecule has 4 rings (SSSR count). The van der Waals surface area contributed by atoms with E-state index in [-0.39, 0.29) is 18.5 Å². The average molecular weight is 346 g/mol. The fourth-order valence-electron chi connectivity index (χ4n) is 4.18. The molecule has 2 bridgehead atoms. The Balaban J connectivity index is 1.29. The Morgan fingerprint density at radius 1 is 1.21 bits per heavy atom. The molecule has 1 aromatic heterocycles. The molecule has 1 saturated heterocycles. The first-order valence-electron chi connectivity index (χ1n) is 8.66. The number of fused-ring (bicyclic) bond motifs is 2. The zero-order valence-corrected chi connectivity index (χ0v) is 14.7. The number of hydrogen-bond acceptors (Lipinski definition) is 5. The number of aromatic nitrogens is 2. The van der Waals surface area contributed by atoms with Crippen LogP contribution in [0.1, 0.15) is 29.3 Å². The highest BCUT2D eigenvalue weighted by molar-refractivity contribution is 7.11. The molecule has 7 heteroatoms. The maximum atomic E-state index is 12.5. The van der Waals surface area contributed by atoms with Crippen LogP contribution < -0.4 is 0 Å². The third-order valence-corrected chi connectivity index (χ3v) is 6.33. The average Bonchev–Trinajstić information content (AvgIpc) is 3.31. The first kappa shape index (κ1) is 15.7. The fraction of sp³-hybridized carbons (Fsp3) is 0.647. The normalized spacial score (nSPS) is 28.6. The van der Waals surface area contributed by atoms with E-state index in [0.717, 1.165) is 22.4 Å². The van der Waals surface area contributed by atoms with E-state index in [4.69, 9.17) is 0 Å². The van der Waals surface area contributed by atoms with Crippen LogP contribution in [0.3, 0.4) is 0 Å². The van der Waals surface area contributed by atoms with Gasteiger partial charge in [-0.1, -0.05) is 12.2 Å². The van der Waals surface area contributed by atoms with Gasteiger partial charge in [0.1, 0.15) is 16.6 Å². The van der Waals surface area contributed by atoms with Gasteiger partial charge in [0.25, 0.3) is 0 Å². The molecule has 2 fully saturated rings. The molecule has 2 aliphatic carbocycles. The third kappa shape index (κ3) is 2.97. The number of imide groups is 1. The van der Waals surface area contributed by atoms with Gasteiger partial charge in [-0.3, -0.25) is 9.69 Å². The largest absolute Gasteiger partial charge is 0.327 e. The maximum Gasteiger partial charge on any atom is 0.327 e. The number of amides is 3. The Labute approximate surface area is 145 Å². The molecule has 1 saturated carbocycles. The highest BCUT2D eigenvalue weighted by Crippen LogP contribution is 2.44. The summed E-state index contributed by atoms with van der Waals surface area (Å²) in [6.45, 7) is 3.21. The van der Waals surface area contributed by atoms with Crippen LogP contribution in [0.2, 0.25) is 0 Å². The zero-order chi connectivity index (χ0) is 16.7. The van der Waals surface area contributed by atoms with Crippen molar-refractivity contribution in [2.45, 2.75) is 32.6 Å². The summed E-state index contributed by atoms with van der Waals surface area (Å²) >= 11 is 1.54. The van der Waals surface area contributed by atoms with Crippen LogP contribution in [0.5, 0.6) is 0 Å². The van der Waals surface area contributed by atoms with Gasteiger partial charge >= 0.3 is 6.03 Å². The lowest BCUT2D eigenvalue weighted by Crippen LogP contribution is -2.35. The lowest BCUT2D eigenvalue weighted by Gasteiger charge is -2.21. The number of allylic oxidation sites excluding steroid dienone is 2. The van der Waals surface area contributed by atoms with E-state index < -0.39 is 0 Å². The molecular formula is C17H22N4O2S. The van der Waals surface area contributed by atoms with Crippen molar-refractivity contribution >= 4 is 23.3 Å². The first-order valence-corrected chi connectivity index (χ1v) is 9.48. The molecule has 24 heavy (non-hydrogen) atoms. The Kier molecular flexibility index (Phi) is 4.12. The molecule has 6 nitrogen and oxygen atoms in total. The van der Waals surface area contributed by atoms with Crippen molar-refractivity contribution in [1.82, 2.24) is 20.0 Å². The van der Waals surface area contributed by atoms with E-state index in [2.05, 4.69) is 22.3 Å². The third-order valence-electron chi connectivity index (χ3n) is 5.43. The standard InChI is InChI=1S/C17H22N4O2S/c1-11-18-19-15(24-11)5-6-20-10-16(22)21(17(20)23)7-4-14-9-12-2-3-13(14)8-12/h2-3,12-14H,4-10H2,1H3/t12-,13+,14-/m1/s1. The summed E-state index contributed by atoms with van der Waals surface area (Å²) in [5.41, 5.74) is 0. The van der Waals surface area contributed by atoms with Gasteiger partial charge in [-0.2, -0.15) is 0 Å². The number of carbonyl (C=O) groups is 2. The summed E-state index contributed by atoms with van der Waals surface area (Å²) in [5.74, 6) is 1.97. The summed E-state index contributed by atoms with van der Waals surface area (Å²) in [7, 11) is 0. The monoisotopic (exact) mass is 346 g/mol. The Hall–Kier alpha value is -1.76. The highest BCUT2D eigenvalue weighted by Gasteiger charge is 2.39. The number of urea groups is 1. The van der Waals surface area contributed by atoms with Crippen LogP contribution in [0.15, 0.2) is 12.2 Å². The van der Waals surface area contributed by atoms with E-state index >= 15 is 0 Å². The van der Waals surface area contributed by atoms with E-state index in [1.165, 1.54) is 17.7 Å². The van der Waals surface area contributed by atoms with Crippen LogP contribution in [-0.2, 0) is 11.2 Å². The van der Waals surface area contributed by atoms with Crippen LogP contribution in [0.4, 0.5) is 4.79 Å². The molecule has 0 radical (unpaired) electrons. The second-order valence-electron chi connectivity index (χ2n) is 7.04.